The van der Waals surface area contributed by atoms with E-state index >= 15 is 0 Å². The minimum atomic E-state index is -0.195. The van der Waals surface area contributed by atoms with Crippen molar-refractivity contribution in [2.75, 3.05) is 24.5 Å². The quantitative estimate of drug-likeness (QED) is 0.459. The average molecular weight is 496 g/mol. The van der Waals surface area contributed by atoms with Gasteiger partial charge in [-0.3, -0.25) is 19.4 Å². The molecule has 2 heterocycles. The lowest BCUT2D eigenvalue weighted by molar-refractivity contribution is -0.117. The van der Waals surface area contributed by atoms with E-state index in [4.69, 9.17) is 4.74 Å². The lowest BCUT2D eigenvalue weighted by Crippen LogP contribution is -2.40. The minimum Gasteiger partial charge on any atom is -0.449 e. The van der Waals surface area contributed by atoms with Gasteiger partial charge >= 0.3 is 0 Å². The molecule has 0 aromatic heterocycles. The molecule has 0 unspecified atom stereocenters. The molecule has 5 rings (SSSR count). The van der Waals surface area contributed by atoms with Gasteiger partial charge in [0.1, 0.15) is 0 Å². The highest BCUT2D eigenvalue weighted by Gasteiger charge is 2.30. The third-order valence-electron chi connectivity index (χ3n) is 7.13. The second-order valence-corrected chi connectivity index (χ2v) is 9.72. The Morgan fingerprint density at radius 1 is 1.08 bits per heavy atom. The van der Waals surface area contributed by atoms with Gasteiger partial charge in [-0.1, -0.05) is 61.0 Å². The molecule has 2 aliphatic rings. The van der Waals surface area contributed by atoms with E-state index in [2.05, 4.69) is 23.2 Å². The smallest absolute Gasteiger partial charge is 0.294 e. The number of ether oxygens (including phenoxy) is 1. The monoisotopic (exact) mass is 495 g/mol. The number of hydrogen-bond donors (Lipinski definition) is 1. The van der Waals surface area contributed by atoms with Crippen molar-refractivity contribution in [1.82, 2.24) is 10.2 Å². The number of carbonyl (C=O) groups is 2. The molecule has 3 aromatic rings. The molecule has 0 aliphatic carbocycles. The van der Waals surface area contributed by atoms with Crippen molar-refractivity contribution in [3.05, 3.63) is 101 Å². The lowest BCUT2D eigenvalue weighted by Gasteiger charge is -2.30. The van der Waals surface area contributed by atoms with Gasteiger partial charge < -0.3 is 10.1 Å². The van der Waals surface area contributed by atoms with Crippen LogP contribution in [0, 0.1) is 6.92 Å². The molecule has 1 fully saturated rings. The highest BCUT2D eigenvalue weighted by molar-refractivity contribution is 6.09. The Hall–Kier alpha value is -3.90. The molecule has 3 aromatic carbocycles. The molecule has 0 saturated carbocycles. The highest BCUT2D eigenvalue weighted by atomic mass is 16.5. The first-order chi connectivity index (χ1) is 18.0. The molecule has 2 amide bonds. The predicted molar refractivity (Wildman–Crippen MR) is 146 cm³/mol. The van der Waals surface area contributed by atoms with Crippen LogP contribution in [0.5, 0.6) is 5.75 Å². The Morgan fingerprint density at radius 3 is 2.68 bits per heavy atom. The van der Waals surface area contributed by atoms with Crippen LogP contribution in [0.25, 0.3) is 6.08 Å². The van der Waals surface area contributed by atoms with Gasteiger partial charge in [0.25, 0.3) is 11.8 Å². The Morgan fingerprint density at radius 2 is 1.89 bits per heavy atom. The standard InChI is InChI=1S/C31H33N3O3/c1-3-33-17-7-10-26(33)20-32-30(35)25-15-13-23(14-16-25)19-29-31(36)34(21-24-9-6-8-22(2)18-24)27-11-4-5-12-28(27)37-29/h4-6,8-9,11-16,18-19,26H,3,7,10,17,20-21H2,1-2H3,(H,32,35)/b29-19+/t26-/m1/s1. The number of amides is 2. The fourth-order valence-corrected chi connectivity index (χ4v) is 5.15. The van der Waals surface area contributed by atoms with E-state index in [1.807, 2.05) is 61.5 Å². The minimum absolute atomic E-state index is 0.0783. The maximum absolute atomic E-state index is 13.5. The van der Waals surface area contributed by atoms with E-state index in [1.54, 1.807) is 23.1 Å². The van der Waals surface area contributed by atoms with Crippen molar-refractivity contribution < 1.29 is 14.3 Å². The molecular weight excluding hydrogens is 462 g/mol. The van der Waals surface area contributed by atoms with Gasteiger partial charge in [-0.25, -0.2) is 0 Å². The van der Waals surface area contributed by atoms with Gasteiger partial charge in [0.15, 0.2) is 11.5 Å². The zero-order valence-electron chi connectivity index (χ0n) is 21.4. The summed E-state index contributed by atoms with van der Waals surface area (Å²) in [5.74, 6) is 0.624. The number of likely N-dealkylation sites (tertiary alicyclic amines) is 1. The number of para-hydroxylation sites is 2. The molecule has 6 nitrogen and oxygen atoms in total. The van der Waals surface area contributed by atoms with Crippen LogP contribution in [0.1, 0.15) is 46.8 Å². The van der Waals surface area contributed by atoms with Crippen molar-refractivity contribution in [1.29, 1.82) is 0 Å². The number of aryl methyl sites for hydroxylation is 1. The van der Waals surface area contributed by atoms with Crippen LogP contribution in [-0.4, -0.2) is 42.4 Å². The average Bonchev–Trinajstić information content (AvgIpc) is 3.38. The number of fused-ring (bicyclic) bond motifs is 1. The van der Waals surface area contributed by atoms with Crippen LogP contribution in [0.3, 0.4) is 0 Å². The zero-order chi connectivity index (χ0) is 25.8. The van der Waals surface area contributed by atoms with Crippen LogP contribution >= 0.6 is 0 Å². The first-order valence-electron chi connectivity index (χ1n) is 13.0. The van der Waals surface area contributed by atoms with Crippen molar-refractivity contribution in [3.63, 3.8) is 0 Å². The molecule has 1 N–H and O–H groups in total. The zero-order valence-corrected chi connectivity index (χ0v) is 21.4. The maximum Gasteiger partial charge on any atom is 0.294 e. The number of nitrogens with zero attached hydrogens (tertiary/aromatic N) is 2. The number of benzene rings is 3. The van der Waals surface area contributed by atoms with E-state index in [0.29, 0.717) is 30.4 Å². The first-order valence-corrected chi connectivity index (χ1v) is 13.0. The molecule has 1 saturated heterocycles. The molecule has 6 heteroatoms. The molecule has 190 valence electrons. The van der Waals surface area contributed by atoms with E-state index in [9.17, 15) is 9.59 Å². The van der Waals surface area contributed by atoms with Gasteiger partial charge in [-0.05, 0) is 74.3 Å². The summed E-state index contributed by atoms with van der Waals surface area (Å²) in [6, 6.07) is 23.4. The van der Waals surface area contributed by atoms with Crippen molar-refractivity contribution >= 4 is 23.6 Å². The van der Waals surface area contributed by atoms with Gasteiger partial charge in [-0.15, -0.1) is 0 Å². The van der Waals surface area contributed by atoms with Crippen LogP contribution in [-0.2, 0) is 11.3 Å². The van der Waals surface area contributed by atoms with E-state index in [-0.39, 0.29) is 17.6 Å². The number of hydrogen-bond acceptors (Lipinski definition) is 4. The largest absolute Gasteiger partial charge is 0.449 e. The Balaban J connectivity index is 1.31. The number of nitrogens with one attached hydrogen (secondary N) is 1. The summed E-state index contributed by atoms with van der Waals surface area (Å²) in [6.45, 7) is 7.44. The van der Waals surface area contributed by atoms with Crippen LogP contribution in [0.2, 0.25) is 0 Å². The highest BCUT2D eigenvalue weighted by Crippen LogP contribution is 2.36. The second kappa shape index (κ2) is 11.0. The SMILES string of the molecule is CCN1CCC[C@@H]1CNC(=O)c1ccc(/C=C2/Oc3ccccc3N(Cc3cccc(C)c3)C2=O)cc1. The topological polar surface area (TPSA) is 61.9 Å². The van der Waals surface area contributed by atoms with Gasteiger partial charge in [0.2, 0.25) is 0 Å². The van der Waals surface area contributed by atoms with Gasteiger partial charge in [-0.2, -0.15) is 0 Å². The van der Waals surface area contributed by atoms with Crippen LogP contribution < -0.4 is 15.0 Å². The van der Waals surface area contributed by atoms with E-state index in [1.165, 1.54) is 6.42 Å². The molecule has 37 heavy (non-hydrogen) atoms. The molecule has 0 radical (unpaired) electrons. The third-order valence-corrected chi connectivity index (χ3v) is 7.13. The maximum atomic E-state index is 13.5. The number of anilines is 1. The Bertz CT molecular complexity index is 1320. The third kappa shape index (κ3) is 5.59. The van der Waals surface area contributed by atoms with Gasteiger partial charge in [0, 0.05) is 18.2 Å². The van der Waals surface area contributed by atoms with Crippen LogP contribution in [0.15, 0.2) is 78.6 Å². The molecular formula is C31H33N3O3. The van der Waals surface area contributed by atoms with Crippen molar-refractivity contribution in [2.24, 2.45) is 0 Å². The summed E-state index contributed by atoms with van der Waals surface area (Å²) < 4.78 is 6.02. The number of carbonyl (C=O) groups excluding carboxylic acids is 2. The molecule has 0 bridgehead atoms. The summed E-state index contributed by atoms with van der Waals surface area (Å²) >= 11 is 0. The van der Waals surface area contributed by atoms with Gasteiger partial charge in [0.05, 0.1) is 12.2 Å². The predicted octanol–water partition coefficient (Wildman–Crippen LogP) is 5.18. The molecule has 0 spiro atoms. The summed E-state index contributed by atoms with van der Waals surface area (Å²) in [5, 5.41) is 3.08. The lowest BCUT2D eigenvalue weighted by atomic mass is 10.1. The Kier molecular flexibility index (Phi) is 7.37. The summed E-state index contributed by atoms with van der Waals surface area (Å²) in [7, 11) is 0. The molecule has 1 atom stereocenters. The summed E-state index contributed by atoms with van der Waals surface area (Å²) in [6.07, 6.45) is 4.05. The number of likely N-dealkylation sites (N-methyl/N-ethyl adjacent to an activating group) is 1. The first kappa shape index (κ1) is 24.8. The van der Waals surface area contributed by atoms with Crippen LogP contribution in [0.4, 0.5) is 5.69 Å². The normalized spacial score (nSPS) is 18.5. The second-order valence-electron chi connectivity index (χ2n) is 9.72. The Labute approximate surface area is 218 Å². The van der Waals surface area contributed by atoms with Crippen molar-refractivity contribution in [2.45, 2.75) is 39.3 Å². The fraction of sp³-hybridized carbons (Fsp3) is 0.290. The van der Waals surface area contributed by atoms with E-state index in [0.717, 1.165) is 41.9 Å². The van der Waals surface area contributed by atoms with Crippen molar-refractivity contribution in [3.8, 4) is 5.75 Å². The number of rotatable bonds is 7. The summed E-state index contributed by atoms with van der Waals surface area (Å²) in [4.78, 5) is 30.3. The summed E-state index contributed by atoms with van der Waals surface area (Å²) in [5.41, 5.74) is 4.35. The van der Waals surface area contributed by atoms with E-state index < -0.39 is 0 Å². The fourth-order valence-electron chi connectivity index (χ4n) is 5.15. The molecule has 2 aliphatic heterocycles.